The maximum absolute atomic E-state index is 9.66. The van der Waals surface area contributed by atoms with E-state index in [0.717, 1.165) is 32.1 Å². The Balaban J connectivity index is 3.50. The van der Waals surface area contributed by atoms with Gasteiger partial charge in [-0.1, -0.05) is 75.5 Å². The van der Waals surface area contributed by atoms with E-state index in [2.05, 4.69) is 32.1 Å². The number of aliphatic hydroxyl groups excluding tert-OH is 1. The Hall–Kier alpha value is -0.820. The van der Waals surface area contributed by atoms with Crippen LogP contribution in [0.15, 0.2) is 36.5 Å². The maximum Gasteiger partial charge on any atom is 0.0723 e. The zero-order valence-electron chi connectivity index (χ0n) is 12.6. The highest BCUT2D eigenvalue weighted by Crippen LogP contribution is 2.04. The van der Waals surface area contributed by atoms with Gasteiger partial charge in [-0.15, -0.1) is 0 Å². The molecule has 0 fully saturated rings. The quantitative estimate of drug-likeness (QED) is 0.217. The van der Waals surface area contributed by atoms with Gasteiger partial charge in [0.2, 0.25) is 0 Å². The van der Waals surface area contributed by atoms with Crippen LogP contribution in [-0.2, 0) is 0 Å². The normalized spacial score (nSPS) is 14.1. The highest BCUT2D eigenvalue weighted by Gasteiger charge is 1.96. The van der Waals surface area contributed by atoms with E-state index in [0.29, 0.717) is 0 Å². The molecule has 0 heterocycles. The fourth-order valence-corrected chi connectivity index (χ4v) is 1.78. The molecule has 0 aliphatic rings. The Labute approximate surface area is 120 Å². The fourth-order valence-electron chi connectivity index (χ4n) is 1.78. The molecule has 1 N–H and O–H groups in total. The van der Waals surface area contributed by atoms with Gasteiger partial charge in [-0.25, -0.2) is 0 Å². The van der Waals surface area contributed by atoms with E-state index in [1.807, 2.05) is 18.2 Å². The minimum Gasteiger partial charge on any atom is -0.389 e. The highest BCUT2D eigenvalue weighted by molar-refractivity contribution is 5.06. The lowest BCUT2D eigenvalue weighted by atomic mass is 10.1. The smallest absolute Gasteiger partial charge is 0.0723 e. The summed E-state index contributed by atoms with van der Waals surface area (Å²) in [7, 11) is 0. The van der Waals surface area contributed by atoms with Crippen molar-refractivity contribution in [2.24, 2.45) is 0 Å². The number of rotatable bonds is 12. The molecule has 0 bridgehead atoms. The molecule has 0 aliphatic heterocycles. The topological polar surface area (TPSA) is 20.2 Å². The highest BCUT2D eigenvalue weighted by atomic mass is 16.3. The average Bonchev–Trinajstić information content (AvgIpc) is 2.41. The first-order valence-corrected chi connectivity index (χ1v) is 7.76. The summed E-state index contributed by atoms with van der Waals surface area (Å²) in [5.74, 6) is 0. The number of unbranched alkanes of at least 4 members (excludes halogenated alkanes) is 5. The fraction of sp³-hybridized carbons (Fsp3) is 0.611. The lowest BCUT2D eigenvalue weighted by Crippen LogP contribution is -2.00. The molecule has 0 aliphatic carbocycles. The van der Waals surface area contributed by atoms with Gasteiger partial charge in [0, 0.05) is 0 Å². The average molecular weight is 263 g/mol. The van der Waals surface area contributed by atoms with Gasteiger partial charge < -0.3 is 12.0 Å². The van der Waals surface area contributed by atoms with E-state index >= 15 is 0 Å². The van der Waals surface area contributed by atoms with Crippen LogP contribution in [0, 0.1) is 6.92 Å². The van der Waals surface area contributed by atoms with Crippen molar-refractivity contribution in [3.63, 3.8) is 0 Å². The third-order valence-corrected chi connectivity index (χ3v) is 2.99. The van der Waals surface area contributed by atoms with Gasteiger partial charge in [0.15, 0.2) is 0 Å². The first kappa shape index (κ1) is 18.2. The van der Waals surface area contributed by atoms with Gasteiger partial charge in [0.25, 0.3) is 0 Å². The Morgan fingerprint density at radius 2 is 1.84 bits per heavy atom. The van der Waals surface area contributed by atoms with E-state index in [9.17, 15) is 5.11 Å². The molecule has 1 unspecified atom stereocenters. The van der Waals surface area contributed by atoms with Crippen LogP contribution >= 0.6 is 0 Å². The van der Waals surface area contributed by atoms with Crippen LogP contribution in [0.25, 0.3) is 0 Å². The SMILES string of the molecule is [CH2-]CCCC/C=C\C/C=C\C=C\C(O)CCCCC. The second-order valence-corrected chi connectivity index (χ2v) is 4.93. The van der Waals surface area contributed by atoms with Crippen molar-refractivity contribution in [2.45, 2.75) is 70.8 Å². The minimum absolute atomic E-state index is 0.283. The second-order valence-electron chi connectivity index (χ2n) is 4.93. The molecule has 0 aromatic carbocycles. The molecule has 0 spiro atoms. The summed E-state index contributed by atoms with van der Waals surface area (Å²) in [6.07, 6.45) is 22.2. The molecule has 0 rings (SSSR count). The van der Waals surface area contributed by atoms with Crippen molar-refractivity contribution < 1.29 is 5.11 Å². The summed E-state index contributed by atoms with van der Waals surface area (Å²) in [5, 5.41) is 9.66. The number of hydrogen-bond donors (Lipinski definition) is 1. The zero-order valence-corrected chi connectivity index (χ0v) is 12.6. The molecule has 19 heavy (non-hydrogen) atoms. The summed E-state index contributed by atoms with van der Waals surface area (Å²) < 4.78 is 0. The van der Waals surface area contributed by atoms with E-state index < -0.39 is 0 Å². The van der Waals surface area contributed by atoms with E-state index in [-0.39, 0.29) is 6.10 Å². The summed E-state index contributed by atoms with van der Waals surface area (Å²) in [4.78, 5) is 0. The summed E-state index contributed by atoms with van der Waals surface area (Å²) in [6.45, 7) is 6.01. The van der Waals surface area contributed by atoms with Crippen LogP contribution in [0.1, 0.15) is 64.7 Å². The van der Waals surface area contributed by atoms with Crippen LogP contribution in [0.5, 0.6) is 0 Å². The van der Waals surface area contributed by atoms with E-state index in [4.69, 9.17) is 0 Å². The minimum atomic E-state index is -0.283. The summed E-state index contributed by atoms with van der Waals surface area (Å²) in [5.41, 5.74) is 0. The standard InChI is InChI=1S/C18H31O/c1-3-5-7-8-9-10-11-12-13-15-17-18(19)16-14-6-4-2/h9-10,12-13,15,17-19H,1,3-8,11,14,16H2,2H3/q-1/b10-9-,13-12-,17-15+. The van der Waals surface area contributed by atoms with E-state index in [1.165, 1.54) is 25.7 Å². The van der Waals surface area contributed by atoms with Crippen LogP contribution in [0.3, 0.4) is 0 Å². The molecular weight excluding hydrogens is 232 g/mol. The Morgan fingerprint density at radius 1 is 1.00 bits per heavy atom. The van der Waals surface area contributed by atoms with Crippen molar-refractivity contribution in [1.82, 2.24) is 0 Å². The van der Waals surface area contributed by atoms with Crippen molar-refractivity contribution in [3.8, 4) is 0 Å². The predicted octanol–water partition coefficient (Wildman–Crippen LogP) is 5.38. The van der Waals surface area contributed by atoms with Gasteiger partial charge in [-0.3, -0.25) is 0 Å². The Bertz CT molecular complexity index is 250. The lowest BCUT2D eigenvalue weighted by Gasteiger charge is -2.02. The second kappa shape index (κ2) is 15.2. The van der Waals surface area contributed by atoms with Crippen molar-refractivity contribution >= 4 is 0 Å². The molecule has 0 amide bonds. The molecule has 1 heteroatoms. The Kier molecular flexibility index (Phi) is 14.6. The lowest BCUT2D eigenvalue weighted by molar-refractivity contribution is 0.208. The molecule has 0 aromatic heterocycles. The van der Waals surface area contributed by atoms with Crippen molar-refractivity contribution in [1.29, 1.82) is 0 Å². The third kappa shape index (κ3) is 15.1. The van der Waals surface area contributed by atoms with Gasteiger partial charge in [0.1, 0.15) is 0 Å². The number of allylic oxidation sites excluding steroid dienone is 5. The molecular formula is C18H31O-. The zero-order chi connectivity index (χ0) is 14.2. The third-order valence-electron chi connectivity index (χ3n) is 2.99. The first-order chi connectivity index (χ1) is 9.31. The number of aliphatic hydroxyl groups is 1. The Morgan fingerprint density at radius 3 is 2.58 bits per heavy atom. The molecule has 110 valence electrons. The summed E-state index contributed by atoms with van der Waals surface area (Å²) >= 11 is 0. The molecule has 0 radical (unpaired) electrons. The van der Waals surface area contributed by atoms with Crippen LogP contribution in [0.2, 0.25) is 0 Å². The molecule has 0 saturated carbocycles. The number of hydrogen-bond acceptors (Lipinski definition) is 1. The van der Waals surface area contributed by atoms with Crippen LogP contribution in [-0.4, -0.2) is 11.2 Å². The molecule has 1 atom stereocenters. The monoisotopic (exact) mass is 263 g/mol. The molecule has 1 nitrogen and oxygen atoms in total. The van der Waals surface area contributed by atoms with Gasteiger partial charge >= 0.3 is 0 Å². The van der Waals surface area contributed by atoms with Gasteiger partial charge in [-0.2, -0.15) is 6.42 Å². The van der Waals surface area contributed by atoms with Crippen LogP contribution < -0.4 is 0 Å². The first-order valence-electron chi connectivity index (χ1n) is 7.76. The van der Waals surface area contributed by atoms with Gasteiger partial charge in [-0.05, 0) is 19.3 Å². The van der Waals surface area contributed by atoms with Crippen molar-refractivity contribution in [2.75, 3.05) is 0 Å². The van der Waals surface area contributed by atoms with Crippen LogP contribution in [0.4, 0.5) is 0 Å². The van der Waals surface area contributed by atoms with Gasteiger partial charge in [0.05, 0.1) is 6.10 Å². The largest absolute Gasteiger partial charge is 0.389 e. The summed E-state index contributed by atoms with van der Waals surface area (Å²) in [6, 6.07) is 0. The van der Waals surface area contributed by atoms with E-state index in [1.54, 1.807) is 0 Å². The van der Waals surface area contributed by atoms with Crippen molar-refractivity contribution in [3.05, 3.63) is 43.4 Å². The maximum atomic E-state index is 9.66. The molecule has 0 aromatic rings. The molecule has 0 saturated heterocycles. The predicted molar refractivity (Wildman–Crippen MR) is 86.0 cm³/mol.